The molecule has 21 heavy (non-hydrogen) atoms. The summed E-state index contributed by atoms with van der Waals surface area (Å²) in [6, 6.07) is 9.93. The molecule has 1 aliphatic rings. The topological polar surface area (TPSA) is 38.3 Å². The maximum absolute atomic E-state index is 12.2. The van der Waals surface area contributed by atoms with E-state index >= 15 is 0 Å². The van der Waals surface area contributed by atoms with E-state index < -0.39 is 9.93 Å². The number of para-hydroxylation sites is 1. The molecule has 2 rings (SSSR count). The van der Waals surface area contributed by atoms with Crippen molar-refractivity contribution in [2.45, 2.75) is 37.1 Å². The molecule has 1 aromatic rings. The number of benzene rings is 1. The van der Waals surface area contributed by atoms with Crippen LogP contribution in [0.3, 0.4) is 0 Å². The fourth-order valence-electron chi connectivity index (χ4n) is 1.91. The van der Waals surface area contributed by atoms with Gasteiger partial charge in [0.2, 0.25) is 0 Å². The van der Waals surface area contributed by atoms with E-state index in [0.29, 0.717) is 6.42 Å². The van der Waals surface area contributed by atoms with E-state index in [1.54, 1.807) is 0 Å². The minimum Gasteiger partial charge on any atom is -0.459 e. The molecule has 0 radical (unpaired) electrons. The summed E-state index contributed by atoms with van der Waals surface area (Å²) in [6.45, 7) is 5.60. The maximum Gasteiger partial charge on any atom is 0.327 e. The number of ether oxygens (including phenoxy) is 1. The number of nitrogens with one attached hydrogen (secondary N) is 1. The zero-order valence-corrected chi connectivity index (χ0v) is 14.1. The van der Waals surface area contributed by atoms with E-state index in [-0.39, 0.29) is 5.97 Å². The number of rotatable bonds is 3. The molecular formula is C17H20BrNO2. The minimum absolute atomic E-state index is 0.263. The van der Waals surface area contributed by atoms with Gasteiger partial charge in [0, 0.05) is 11.4 Å². The van der Waals surface area contributed by atoms with Crippen LogP contribution in [0.2, 0.25) is 0 Å². The van der Waals surface area contributed by atoms with E-state index in [0.717, 1.165) is 11.4 Å². The average Bonchev–Trinajstić information content (AvgIpc) is 2.41. The Morgan fingerprint density at radius 2 is 1.95 bits per heavy atom. The van der Waals surface area contributed by atoms with Crippen molar-refractivity contribution in [3.05, 3.63) is 54.3 Å². The number of allylic oxidation sites excluding steroid dienone is 2. The van der Waals surface area contributed by atoms with E-state index in [2.05, 4.69) is 21.2 Å². The van der Waals surface area contributed by atoms with Gasteiger partial charge in [0.05, 0.1) is 0 Å². The van der Waals surface area contributed by atoms with Gasteiger partial charge in [-0.15, -0.1) is 0 Å². The van der Waals surface area contributed by atoms with Gasteiger partial charge in [0.25, 0.3) is 0 Å². The molecule has 1 atom stereocenters. The molecule has 0 amide bonds. The number of esters is 1. The minimum atomic E-state index is -0.776. The Morgan fingerprint density at radius 1 is 1.29 bits per heavy atom. The summed E-state index contributed by atoms with van der Waals surface area (Å²) in [7, 11) is 0. The lowest BCUT2D eigenvalue weighted by Crippen LogP contribution is -2.38. The van der Waals surface area contributed by atoms with Crippen LogP contribution in [0, 0.1) is 0 Å². The van der Waals surface area contributed by atoms with Crippen LogP contribution < -0.4 is 5.32 Å². The van der Waals surface area contributed by atoms with Gasteiger partial charge in [0.15, 0.2) is 0 Å². The van der Waals surface area contributed by atoms with Crippen molar-refractivity contribution < 1.29 is 9.53 Å². The Labute approximate surface area is 134 Å². The first-order valence-electron chi connectivity index (χ1n) is 6.92. The van der Waals surface area contributed by atoms with E-state index in [4.69, 9.17) is 4.74 Å². The van der Waals surface area contributed by atoms with Crippen LogP contribution >= 0.6 is 15.9 Å². The van der Waals surface area contributed by atoms with Gasteiger partial charge >= 0.3 is 5.97 Å². The first-order chi connectivity index (χ1) is 9.78. The predicted molar refractivity (Wildman–Crippen MR) is 89.4 cm³/mol. The van der Waals surface area contributed by atoms with Crippen molar-refractivity contribution in [3.63, 3.8) is 0 Å². The Balaban J connectivity index is 2.01. The number of carbonyl (C=O) groups excluding carboxylic acids is 1. The molecule has 0 aromatic heterocycles. The molecule has 0 aliphatic heterocycles. The van der Waals surface area contributed by atoms with Crippen LogP contribution in [-0.4, -0.2) is 15.9 Å². The third-order valence-electron chi connectivity index (χ3n) is 2.95. The smallest absolute Gasteiger partial charge is 0.327 e. The fraction of sp³-hybridized carbons (Fsp3) is 0.353. The summed E-state index contributed by atoms with van der Waals surface area (Å²) in [5, 5.41) is 3.31. The molecule has 0 heterocycles. The second kappa shape index (κ2) is 6.06. The van der Waals surface area contributed by atoms with Crippen molar-refractivity contribution >= 4 is 27.6 Å². The highest BCUT2D eigenvalue weighted by Gasteiger charge is 2.37. The molecular weight excluding hydrogens is 330 g/mol. The van der Waals surface area contributed by atoms with Gasteiger partial charge in [-0.1, -0.05) is 46.3 Å². The molecule has 0 bridgehead atoms. The summed E-state index contributed by atoms with van der Waals surface area (Å²) < 4.78 is 4.67. The van der Waals surface area contributed by atoms with Crippen LogP contribution in [-0.2, 0) is 9.53 Å². The number of carbonyl (C=O) groups is 1. The van der Waals surface area contributed by atoms with Crippen LogP contribution in [0.5, 0.6) is 0 Å². The third kappa shape index (κ3) is 4.46. The highest BCUT2D eigenvalue weighted by molar-refractivity contribution is 9.10. The van der Waals surface area contributed by atoms with Crippen LogP contribution in [0.1, 0.15) is 27.2 Å². The standard InChI is InChI=1S/C17H20BrNO2/c1-16(2,3)21-15(20)17(18)11-9-14(10-12-17)19-13-7-5-4-6-8-13/h4-11,19H,12H2,1-3H3. The molecule has 0 fully saturated rings. The average molecular weight is 350 g/mol. The molecule has 3 nitrogen and oxygen atoms in total. The Bertz CT molecular complexity index is 572. The molecule has 112 valence electrons. The summed E-state index contributed by atoms with van der Waals surface area (Å²) >= 11 is 3.49. The van der Waals surface area contributed by atoms with Crippen molar-refractivity contribution in [1.82, 2.24) is 0 Å². The van der Waals surface area contributed by atoms with Gasteiger partial charge in [-0.05, 0) is 45.4 Å². The molecule has 0 saturated heterocycles. The highest BCUT2D eigenvalue weighted by Crippen LogP contribution is 2.33. The highest BCUT2D eigenvalue weighted by atomic mass is 79.9. The maximum atomic E-state index is 12.2. The summed E-state index contributed by atoms with van der Waals surface area (Å²) in [5.74, 6) is -0.263. The van der Waals surface area contributed by atoms with Crippen LogP contribution in [0.25, 0.3) is 0 Å². The Morgan fingerprint density at radius 3 is 2.48 bits per heavy atom. The first kappa shape index (κ1) is 15.8. The first-order valence-corrected chi connectivity index (χ1v) is 7.72. The van der Waals surface area contributed by atoms with Gasteiger partial charge in [-0.2, -0.15) is 0 Å². The molecule has 1 unspecified atom stereocenters. The zero-order valence-electron chi connectivity index (χ0n) is 12.5. The molecule has 1 aromatic carbocycles. The molecule has 1 N–H and O–H groups in total. The van der Waals surface area contributed by atoms with Crippen molar-refractivity contribution in [3.8, 4) is 0 Å². The lowest BCUT2D eigenvalue weighted by Gasteiger charge is -2.29. The third-order valence-corrected chi connectivity index (χ3v) is 3.86. The number of hydrogen-bond acceptors (Lipinski definition) is 3. The Kier molecular flexibility index (Phi) is 4.57. The molecule has 0 spiro atoms. The predicted octanol–water partition coefficient (Wildman–Crippen LogP) is 4.42. The summed E-state index contributed by atoms with van der Waals surface area (Å²) in [5.41, 5.74) is 1.51. The van der Waals surface area contributed by atoms with Gasteiger partial charge in [0.1, 0.15) is 9.93 Å². The number of hydrogen-bond donors (Lipinski definition) is 1. The summed E-state index contributed by atoms with van der Waals surface area (Å²) in [4.78, 5) is 12.2. The normalized spacial score (nSPS) is 21.6. The van der Waals surface area contributed by atoms with Gasteiger partial charge in [-0.3, -0.25) is 4.79 Å². The molecule has 0 saturated carbocycles. The van der Waals surface area contributed by atoms with E-state index in [1.165, 1.54) is 0 Å². The summed E-state index contributed by atoms with van der Waals surface area (Å²) in [6.07, 6.45) is 6.28. The molecule has 1 aliphatic carbocycles. The molecule has 4 heteroatoms. The van der Waals surface area contributed by atoms with Crippen LogP contribution in [0.4, 0.5) is 5.69 Å². The Hall–Kier alpha value is -1.55. The van der Waals surface area contributed by atoms with Crippen LogP contribution in [0.15, 0.2) is 54.3 Å². The van der Waals surface area contributed by atoms with Crippen molar-refractivity contribution in [2.24, 2.45) is 0 Å². The quantitative estimate of drug-likeness (QED) is 0.648. The van der Waals surface area contributed by atoms with E-state index in [9.17, 15) is 4.79 Å². The van der Waals surface area contributed by atoms with Gasteiger partial charge < -0.3 is 10.1 Å². The lowest BCUT2D eigenvalue weighted by molar-refractivity contribution is -0.156. The second-order valence-electron chi connectivity index (χ2n) is 6.05. The number of alkyl halides is 1. The zero-order chi connectivity index (χ0) is 15.5. The lowest BCUT2D eigenvalue weighted by atomic mass is 9.98. The van der Waals surface area contributed by atoms with Crippen molar-refractivity contribution in [1.29, 1.82) is 0 Å². The van der Waals surface area contributed by atoms with E-state index in [1.807, 2.05) is 69.3 Å². The monoisotopic (exact) mass is 349 g/mol. The van der Waals surface area contributed by atoms with Crippen molar-refractivity contribution in [2.75, 3.05) is 5.32 Å². The number of anilines is 1. The largest absolute Gasteiger partial charge is 0.459 e. The fourth-order valence-corrected chi connectivity index (χ4v) is 2.29. The second-order valence-corrected chi connectivity index (χ2v) is 7.47. The SMILES string of the molecule is CC(C)(C)OC(=O)C1(Br)C=CC(Nc2ccccc2)=CC1. The number of halogens is 1. The van der Waals surface area contributed by atoms with Gasteiger partial charge in [-0.25, -0.2) is 0 Å².